The van der Waals surface area contributed by atoms with E-state index in [4.69, 9.17) is 4.42 Å². The molecule has 0 atom stereocenters. The average Bonchev–Trinajstić information content (AvgIpc) is 2.91. The van der Waals surface area contributed by atoms with Crippen molar-refractivity contribution in [3.63, 3.8) is 0 Å². The zero-order chi connectivity index (χ0) is 14.1. The third-order valence-electron chi connectivity index (χ3n) is 2.91. The highest BCUT2D eigenvalue weighted by molar-refractivity contribution is 5.89. The first-order valence-electron chi connectivity index (χ1n) is 5.86. The predicted molar refractivity (Wildman–Crippen MR) is 73.4 cm³/mol. The van der Waals surface area contributed by atoms with Crippen LogP contribution in [0, 0.1) is 10.1 Å². The highest BCUT2D eigenvalue weighted by atomic mass is 16.6. The second-order valence-electron chi connectivity index (χ2n) is 4.11. The summed E-state index contributed by atoms with van der Waals surface area (Å²) in [6.45, 7) is 0. The Bertz CT molecular complexity index is 797. The molecule has 0 radical (unpaired) electrons. The van der Waals surface area contributed by atoms with Crippen molar-refractivity contribution in [2.45, 2.75) is 0 Å². The summed E-state index contributed by atoms with van der Waals surface area (Å²) in [5.41, 5.74) is 1.08. The Labute approximate surface area is 113 Å². The molecule has 0 saturated carbocycles. The fourth-order valence-electron chi connectivity index (χ4n) is 1.97. The second kappa shape index (κ2) is 4.61. The molecule has 0 spiro atoms. The first-order chi connectivity index (χ1) is 9.69. The molecular weight excluding hydrogens is 260 g/mol. The monoisotopic (exact) mass is 270 g/mol. The fourth-order valence-corrected chi connectivity index (χ4v) is 1.97. The molecule has 7 nitrogen and oxygen atoms in total. The van der Waals surface area contributed by atoms with Crippen molar-refractivity contribution in [2.24, 2.45) is 0 Å². The van der Waals surface area contributed by atoms with Gasteiger partial charge in [0.2, 0.25) is 5.71 Å². The minimum Gasteiger partial charge on any atom is -0.438 e. The molecule has 0 bridgehead atoms. The summed E-state index contributed by atoms with van der Waals surface area (Å²) in [5, 5.41) is 14.5. The summed E-state index contributed by atoms with van der Waals surface area (Å²) in [6, 6.07) is 8.03. The van der Waals surface area contributed by atoms with Crippen LogP contribution in [0.25, 0.3) is 22.4 Å². The first kappa shape index (κ1) is 12.1. The zero-order valence-corrected chi connectivity index (χ0v) is 10.5. The smallest absolute Gasteiger partial charge is 0.270 e. The van der Waals surface area contributed by atoms with Crippen molar-refractivity contribution in [3.8, 4) is 11.3 Å². The van der Waals surface area contributed by atoms with Crippen LogP contribution in [0.4, 0.5) is 11.5 Å². The van der Waals surface area contributed by atoms with Gasteiger partial charge < -0.3 is 9.73 Å². The standard InChI is InChI=1S/C13H10N4O3/c1-14-12-10-6-11(20-13(10)16-7-15-12)8-3-2-4-9(5-8)17(18)19/h2-7H,1H3,(H,14,15,16). The fraction of sp³-hybridized carbons (Fsp3) is 0.0769. The maximum Gasteiger partial charge on any atom is 0.270 e. The molecule has 3 rings (SSSR count). The van der Waals surface area contributed by atoms with E-state index in [9.17, 15) is 10.1 Å². The number of furan rings is 1. The van der Waals surface area contributed by atoms with Gasteiger partial charge in [0.05, 0.1) is 10.3 Å². The molecule has 2 aromatic heterocycles. The molecule has 3 aromatic rings. The third kappa shape index (κ3) is 1.95. The lowest BCUT2D eigenvalue weighted by Crippen LogP contribution is -1.92. The molecule has 0 fully saturated rings. The van der Waals surface area contributed by atoms with Gasteiger partial charge in [0.1, 0.15) is 17.9 Å². The van der Waals surface area contributed by atoms with Crippen LogP contribution in [0.1, 0.15) is 0 Å². The molecule has 1 aromatic carbocycles. The largest absolute Gasteiger partial charge is 0.438 e. The van der Waals surface area contributed by atoms with E-state index in [0.717, 1.165) is 5.39 Å². The van der Waals surface area contributed by atoms with E-state index >= 15 is 0 Å². The van der Waals surface area contributed by atoms with E-state index in [1.54, 1.807) is 25.2 Å². The zero-order valence-electron chi connectivity index (χ0n) is 10.5. The average molecular weight is 270 g/mol. The number of nitro benzene ring substituents is 1. The van der Waals surface area contributed by atoms with Gasteiger partial charge >= 0.3 is 0 Å². The lowest BCUT2D eigenvalue weighted by Gasteiger charge is -1.96. The molecule has 0 saturated heterocycles. The van der Waals surface area contributed by atoms with Crippen molar-refractivity contribution in [1.29, 1.82) is 0 Å². The van der Waals surface area contributed by atoms with E-state index in [-0.39, 0.29) is 5.69 Å². The summed E-state index contributed by atoms with van der Waals surface area (Å²) in [5.74, 6) is 1.16. The normalized spacial score (nSPS) is 10.7. The Balaban J connectivity index is 2.15. The van der Waals surface area contributed by atoms with Crippen molar-refractivity contribution in [3.05, 3.63) is 46.8 Å². The Kier molecular flexibility index (Phi) is 2.79. The lowest BCUT2D eigenvalue weighted by molar-refractivity contribution is -0.384. The van der Waals surface area contributed by atoms with Gasteiger partial charge in [0.25, 0.3) is 5.69 Å². The van der Waals surface area contributed by atoms with Gasteiger partial charge in [-0.2, -0.15) is 0 Å². The molecule has 0 aliphatic rings. The molecule has 0 aliphatic carbocycles. The topological polar surface area (TPSA) is 94.1 Å². The Hall–Kier alpha value is -2.96. The maximum absolute atomic E-state index is 10.8. The molecular formula is C13H10N4O3. The number of nitrogens with one attached hydrogen (secondary N) is 1. The van der Waals surface area contributed by atoms with Crippen LogP contribution in [0.15, 0.2) is 41.1 Å². The highest BCUT2D eigenvalue weighted by Crippen LogP contribution is 2.31. The number of benzene rings is 1. The Morgan fingerprint density at radius 3 is 2.90 bits per heavy atom. The minimum atomic E-state index is -0.439. The van der Waals surface area contributed by atoms with Crippen molar-refractivity contribution in [2.75, 3.05) is 12.4 Å². The SMILES string of the molecule is CNc1ncnc2oc(-c3cccc([N+](=O)[O-])c3)cc12. The van der Waals surface area contributed by atoms with E-state index in [1.807, 2.05) is 0 Å². The number of nitro groups is 1. The van der Waals surface area contributed by atoms with Crippen LogP contribution in [0.3, 0.4) is 0 Å². The summed E-state index contributed by atoms with van der Waals surface area (Å²) >= 11 is 0. The van der Waals surface area contributed by atoms with Crippen molar-refractivity contribution >= 4 is 22.6 Å². The maximum atomic E-state index is 10.8. The van der Waals surface area contributed by atoms with Crippen LogP contribution in [0.2, 0.25) is 0 Å². The van der Waals surface area contributed by atoms with Gasteiger partial charge in [0.15, 0.2) is 0 Å². The second-order valence-corrected chi connectivity index (χ2v) is 4.11. The van der Waals surface area contributed by atoms with Gasteiger partial charge in [-0.05, 0) is 6.07 Å². The summed E-state index contributed by atoms with van der Waals surface area (Å²) < 4.78 is 5.62. The van der Waals surface area contributed by atoms with Gasteiger partial charge in [-0.25, -0.2) is 9.97 Å². The quantitative estimate of drug-likeness (QED) is 0.581. The van der Waals surface area contributed by atoms with E-state index < -0.39 is 4.92 Å². The number of nitrogens with zero attached hydrogens (tertiary/aromatic N) is 3. The van der Waals surface area contributed by atoms with E-state index in [2.05, 4.69) is 15.3 Å². The summed E-state index contributed by atoms with van der Waals surface area (Å²) in [6.07, 6.45) is 1.40. The van der Waals surface area contributed by atoms with Gasteiger partial charge in [-0.15, -0.1) is 0 Å². The summed E-state index contributed by atoms with van der Waals surface area (Å²) in [4.78, 5) is 18.5. The predicted octanol–water partition coefficient (Wildman–Crippen LogP) is 2.84. The van der Waals surface area contributed by atoms with Gasteiger partial charge in [0, 0.05) is 24.7 Å². The number of non-ortho nitro benzene ring substituents is 1. The number of hydrogen-bond acceptors (Lipinski definition) is 6. The number of anilines is 1. The number of fused-ring (bicyclic) bond motifs is 1. The molecule has 0 unspecified atom stereocenters. The number of hydrogen-bond donors (Lipinski definition) is 1. The molecule has 20 heavy (non-hydrogen) atoms. The Morgan fingerprint density at radius 2 is 2.15 bits per heavy atom. The highest BCUT2D eigenvalue weighted by Gasteiger charge is 2.13. The third-order valence-corrected chi connectivity index (χ3v) is 2.91. The van der Waals surface area contributed by atoms with Crippen LogP contribution in [0.5, 0.6) is 0 Å². The minimum absolute atomic E-state index is 0.0166. The first-order valence-corrected chi connectivity index (χ1v) is 5.86. The number of aromatic nitrogens is 2. The van der Waals surface area contributed by atoms with Gasteiger partial charge in [-0.3, -0.25) is 10.1 Å². The van der Waals surface area contributed by atoms with Gasteiger partial charge in [-0.1, -0.05) is 12.1 Å². The molecule has 0 aliphatic heterocycles. The van der Waals surface area contributed by atoms with E-state index in [1.165, 1.54) is 18.5 Å². The number of rotatable bonds is 3. The van der Waals surface area contributed by atoms with Crippen molar-refractivity contribution in [1.82, 2.24) is 9.97 Å². The van der Waals surface area contributed by atoms with Crippen LogP contribution in [-0.4, -0.2) is 21.9 Å². The van der Waals surface area contributed by atoms with E-state index in [0.29, 0.717) is 22.9 Å². The summed E-state index contributed by atoms with van der Waals surface area (Å²) in [7, 11) is 1.75. The molecule has 7 heteroatoms. The van der Waals surface area contributed by atoms with Crippen LogP contribution in [-0.2, 0) is 0 Å². The van der Waals surface area contributed by atoms with Crippen molar-refractivity contribution < 1.29 is 9.34 Å². The molecule has 0 amide bonds. The lowest BCUT2D eigenvalue weighted by atomic mass is 10.1. The molecule has 100 valence electrons. The molecule has 2 heterocycles. The molecule has 1 N–H and O–H groups in total. The van der Waals surface area contributed by atoms with Crippen LogP contribution < -0.4 is 5.32 Å². The Morgan fingerprint density at radius 1 is 1.30 bits per heavy atom. The van der Waals surface area contributed by atoms with Crippen LogP contribution >= 0.6 is 0 Å².